The lowest BCUT2D eigenvalue weighted by atomic mass is 10.2. The highest BCUT2D eigenvalue weighted by molar-refractivity contribution is 5.87. The van der Waals surface area contributed by atoms with Crippen LogP contribution in [0.15, 0.2) is 0 Å². The van der Waals surface area contributed by atoms with Crippen molar-refractivity contribution in [3.05, 3.63) is 0 Å². The van der Waals surface area contributed by atoms with Crippen LogP contribution < -0.4 is 16.8 Å². The third-order valence-electron chi connectivity index (χ3n) is 2.99. The van der Waals surface area contributed by atoms with Crippen molar-refractivity contribution >= 4 is 35.8 Å². The highest BCUT2D eigenvalue weighted by atomic mass is 16.4. The molecule has 0 aromatic heterocycles. The second-order valence-electron chi connectivity index (χ2n) is 5.42. The number of carbonyl (C=O) groups excluding carboxylic acids is 1. The molecule has 1 saturated heterocycles. The maximum atomic E-state index is 10.4. The lowest BCUT2D eigenvalue weighted by Gasteiger charge is -2.01. The molecule has 3 atom stereocenters. The lowest BCUT2D eigenvalue weighted by molar-refractivity contribution is -0.144. The number of hydrogen-bond donors (Lipinski definition) is 8. The van der Waals surface area contributed by atoms with Gasteiger partial charge in [0.05, 0.1) is 6.42 Å². The number of nitrogens with two attached hydrogens (primary N) is 2. The van der Waals surface area contributed by atoms with Gasteiger partial charge in [0.1, 0.15) is 18.1 Å². The van der Waals surface area contributed by atoms with E-state index in [0.29, 0.717) is 12.8 Å². The molecule has 1 aliphatic heterocycles. The van der Waals surface area contributed by atoms with Crippen LogP contribution in [0.1, 0.15) is 32.1 Å². The topological polar surface area (TPSA) is 268 Å². The van der Waals surface area contributed by atoms with E-state index in [1.165, 1.54) is 0 Å². The van der Waals surface area contributed by atoms with Crippen molar-refractivity contribution < 1.29 is 54.3 Å². The molecule has 28 heavy (non-hydrogen) atoms. The number of hydrogen-bond acceptors (Lipinski definition) is 8. The molecule has 1 aliphatic rings. The lowest BCUT2D eigenvalue weighted by Crippen LogP contribution is -2.32. The van der Waals surface area contributed by atoms with Crippen LogP contribution in [0.3, 0.4) is 0 Å². The number of carboxylic acid groups (broad SMARTS) is 5. The molecule has 14 heteroatoms. The zero-order valence-corrected chi connectivity index (χ0v) is 14.6. The van der Waals surface area contributed by atoms with E-state index in [9.17, 15) is 28.8 Å². The second-order valence-corrected chi connectivity index (χ2v) is 5.42. The van der Waals surface area contributed by atoms with Gasteiger partial charge < -0.3 is 42.3 Å². The number of carboxylic acids is 5. The molecule has 0 aromatic carbocycles. The zero-order chi connectivity index (χ0) is 22.4. The Labute approximate surface area is 158 Å². The largest absolute Gasteiger partial charge is 0.481 e. The van der Waals surface area contributed by atoms with Crippen molar-refractivity contribution in [1.82, 2.24) is 5.32 Å². The predicted octanol–water partition coefficient (Wildman–Crippen LogP) is -2.51. The van der Waals surface area contributed by atoms with Crippen LogP contribution >= 0.6 is 0 Å². The SMILES string of the molecule is N[C@@H](CC(=O)O)C(=O)O.N[C@@H](CCC(=O)O)C(=O)O.O=C1CCC(C(=O)O)N1. The summed E-state index contributed by atoms with van der Waals surface area (Å²) < 4.78 is 0. The van der Waals surface area contributed by atoms with Crippen LogP contribution in [0.5, 0.6) is 0 Å². The summed E-state index contributed by atoms with van der Waals surface area (Å²) >= 11 is 0. The summed E-state index contributed by atoms with van der Waals surface area (Å²) in [6, 6.07) is -2.99. The molecular formula is C14H23N3O11. The fourth-order valence-corrected chi connectivity index (χ4v) is 1.48. The number of nitrogens with one attached hydrogen (secondary N) is 1. The molecule has 0 saturated carbocycles. The molecule has 1 unspecified atom stereocenters. The van der Waals surface area contributed by atoms with Gasteiger partial charge in [-0.25, -0.2) is 4.79 Å². The Hall–Kier alpha value is -3.26. The van der Waals surface area contributed by atoms with Gasteiger partial charge in [0, 0.05) is 12.8 Å². The summed E-state index contributed by atoms with van der Waals surface area (Å²) in [6.45, 7) is 0. The van der Waals surface area contributed by atoms with E-state index in [1.807, 2.05) is 0 Å². The molecular weight excluding hydrogens is 386 g/mol. The Kier molecular flexibility index (Phi) is 13.4. The minimum absolute atomic E-state index is 0.0231. The normalized spacial score (nSPS) is 16.8. The van der Waals surface area contributed by atoms with Gasteiger partial charge in [-0.3, -0.25) is 24.0 Å². The Balaban J connectivity index is 0. The fourth-order valence-electron chi connectivity index (χ4n) is 1.48. The summed E-state index contributed by atoms with van der Waals surface area (Å²) in [7, 11) is 0. The molecule has 0 radical (unpaired) electrons. The minimum Gasteiger partial charge on any atom is -0.481 e. The van der Waals surface area contributed by atoms with Gasteiger partial charge >= 0.3 is 29.8 Å². The zero-order valence-electron chi connectivity index (χ0n) is 14.6. The molecule has 0 aliphatic carbocycles. The third kappa shape index (κ3) is 15.0. The Bertz CT molecular complexity index is 591. The molecule has 0 bridgehead atoms. The predicted molar refractivity (Wildman–Crippen MR) is 89.1 cm³/mol. The van der Waals surface area contributed by atoms with E-state index in [4.69, 9.17) is 37.0 Å². The smallest absolute Gasteiger partial charge is 0.326 e. The van der Waals surface area contributed by atoms with Gasteiger partial charge in [-0.05, 0) is 12.8 Å². The molecule has 1 amide bonds. The van der Waals surface area contributed by atoms with E-state index in [0.717, 1.165) is 0 Å². The number of amides is 1. The van der Waals surface area contributed by atoms with Crippen molar-refractivity contribution in [2.24, 2.45) is 11.5 Å². The van der Waals surface area contributed by atoms with E-state index >= 15 is 0 Å². The summed E-state index contributed by atoms with van der Waals surface area (Å²) in [5.74, 6) is -5.80. The molecule has 14 nitrogen and oxygen atoms in total. The van der Waals surface area contributed by atoms with Gasteiger partial charge in [0.15, 0.2) is 0 Å². The van der Waals surface area contributed by atoms with E-state index in [-0.39, 0.29) is 18.7 Å². The molecule has 1 heterocycles. The van der Waals surface area contributed by atoms with Crippen LogP contribution in [0.2, 0.25) is 0 Å². The molecule has 0 spiro atoms. The quantitative estimate of drug-likeness (QED) is 0.206. The van der Waals surface area contributed by atoms with Gasteiger partial charge in [-0.1, -0.05) is 0 Å². The molecule has 10 N–H and O–H groups in total. The molecule has 1 rings (SSSR count). The van der Waals surface area contributed by atoms with E-state index in [1.54, 1.807) is 0 Å². The van der Waals surface area contributed by atoms with Gasteiger partial charge in [0.25, 0.3) is 0 Å². The molecule has 1 fully saturated rings. The standard InChI is InChI=1S/C5H9NO4.C5H7NO3.C4H7NO4/c6-3(5(9)10)1-2-4(7)8;7-4-2-1-3(6-4)5(8)9;5-2(4(8)9)1-3(6)7/h3H,1-2,6H2,(H,7,8)(H,9,10);3H,1-2H2,(H,6,7)(H,8,9);2H,1,5H2,(H,6,7)(H,8,9)/t3-;;2-/m0.0/s1. The van der Waals surface area contributed by atoms with Gasteiger partial charge in [0.2, 0.25) is 5.91 Å². The molecule has 0 aromatic rings. The molecule has 160 valence electrons. The number of rotatable bonds is 8. The second kappa shape index (κ2) is 13.9. The summed E-state index contributed by atoms with van der Waals surface area (Å²) in [5, 5.41) is 42.9. The van der Waals surface area contributed by atoms with Crippen molar-refractivity contribution in [3.8, 4) is 0 Å². The monoisotopic (exact) mass is 409 g/mol. The highest BCUT2D eigenvalue weighted by Gasteiger charge is 2.26. The summed E-state index contributed by atoms with van der Waals surface area (Å²) in [4.78, 5) is 60.0. The van der Waals surface area contributed by atoms with Gasteiger partial charge in [-0.2, -0.15) is 0 Å². The average molecular weight is 409 g/mol. The minimum atomic E-state index is -1.29. The first-order valence-corrected chi connectivity index (χ1v) is 7.70. The summed E-state index contributed by atoms with van der Waals surface area (Å²) in [5.41, 5.74) is 9.84. The first kappa shape index (κ1) is 27.0. The van der Waals surface area contributed by atoms with Crippen molar-refractivity contribution in [3.63, 3.8) is 0 Å². The van der Waals surface area contributed by atoms with Crippen molar-refractivity contribution in [1.29, 1.82) is 0 Å². The first-order valence-electron chi connectivity index (χ1n) is 7.70. The Morgan fingerprint density at radius 3 is 1.64 bits per heavy atom. The first-order chi connectivity index (χ1) is 12.8. The van der Waals surface area contributed by atoms with Crippen LogP contribution in [0.25, 0.3) is 0 Å². The Morgan fingerprint density at radius 2 is 1.43 bits per heavy atom. The van der Waals surface area contributed by atoms with Crippen LogP contribution in [-0.4, -0.2) is 79.4 Å². The maximum absolute atomic E-state index is 10.4. The maximum Gasteiger partial charge on any atom is 0.326 e. The van der Waals surface area contributed by atoms with Crippen molar-refractivity contribution in [2.75, 3.05) is 0 Å². The van der Waals surface area contributed by atoms with Gasteiger partial charge in [-0.15, -0.1) is 0 Å². The number of carbonyl (C=O) groups is 6. The fraction of sp³-hybridized carbons (Fsp3) is 0.571. The average Bonchev–Trinajstić information content (AvgIpc) is 2.99. The van der Waals surface area contributed by atoms with Crippen LogP contribution in [0.4, 0.5) is 0 Å². The summed E-state index contributed by atoms with van der Waals surface area (Å²) in [6.07, 6.45) is 0.0125. The van der Waals surface area contributed by atoms with E-state index in [2.05, 4.69) is 5.32 Å². The number of aliphatic carboxylic acids is 5. The highest BCUT2D eigenvalue weighted by Crippen LogP contribution is 2.05. The Morgan fingerprint density at radius 1 is 0.929 bits per heavy atom. The van der Waals surface area contributed by atoms with Crippen LogP contribution in [-0.2, 0) is 28.8 Å². The van der Waals surface area contributed by atoms with Crippen molar-refractivity contribution in [2.45, 2.75) is 50.2 Å². The van der Waals surface area contributed by atoms with E-state index < -0.39 is 54.4 Å². The van der Waals surface area contributed by atoms with Crippen LogP contribution in [0, 0.1) is 0 Å². The third-order valence-corrected chi connectivity index (χ3v) is 2.99.